The van der Waals surface area contributed by atoms with Crippen LogP contribution >= 0.6 is 23.2 Å². The van der Waals surface area contributed by atoms with Crippen LogP contribution in [0.15, 0.2) is 42.5 Å². The molecule has 1 aliphatic rings. The molecule has 0 radical (unpaired) electrons. The van der Waals surface area contributed by atoms with Crippen LogP contribution < -0.4 is 11.1 Å². The van der Waals surface area contributed by atoms with Gasteiger partial charge in [-0.2, -0.15) is 0 Å². The summed E-state index contributed by atoms with van der Waals surface area (Å²) < 4.78 is 26.8. The van der Waals surface area contributed by atoms with Crippen LogP contribution in [-0.4, -0.2) is 37.6 Å². The lowest BCUT2D eigenvalue weighted by atomic mass is 9.97. The molecule has 2 aromatic carbocycles. The third kappa shape index (κ3) is 5.51. The first kappa shape index (κ1) is 22.6. The number of nitrogens with one attached hydrogen (secondary N) is 1. The van der Waals surface area contributed by atoms with Crippen LogP contribution in [-0.2, 0) is 20.6 Å². The summed E-state index contributed by atoms with van der Waals surface area (Å²) in [6.45, 7) is 0.532. The minimum absolute atomic E-state index is 0.174. The van der Waals surface area contributed by atoms with E-state index in [9.17, 15) is 18.0 Å². The molecule has 3 N–H and O–H groups in total. The van der Waals surface area contributed by atoms with Crippen molar-refractivity contribution >= 4 is 50.7 Å². The van der Waals surface area contributed by atoms with Gasteiger partial charge in [0.2, 0.25) is 21.8 Å². The van der Waals surface area contributed by atoms with Gasteiger partial charge in [-0.05, 0) is 54.8 Å². The van der Waals surface area contributed by atoms with Crippen molar-refractivity contribution in [3.05, 3.63) is 63.6 Å². The predicted octanol–water partition coefficient (Wildman–Crippen LogP) is 3.27. The molecule has 30 heavy (non-hydrogen) atoms. The molecule has 0 bridgehead atoms. The number of carbonyl (C=O) groups is 2. The highest BCUT2D eigenvalue weighted by atomic mass is 35.5. The highest BCUT2D eigenvalue weighted by molar-refractivity contribution is 7.88. The number of piperidine rings is 1. The third-order valence-corrected chi connectivity index (χ3v) is 7.58. The van der Waals surface area contributed by atoms with Crippen LogP contribution in [0.25, 0.3) is 0 Å². The van der Waals surface area contributed by atoms with Crippen molar-refractivity contribution in [3.8, 4) is 0 Å². The van der Waals surface area contributed by atoms with Crippen molar-refractivity contribution in [2.24, 2.45) is 11.7 Å². The van der Waals surface area contributed by atoms with E-state index in [4.69, 9.17) is 28.9 Å². The maximum atomic E-state index is 12.7. The maximum absolute atomic E-state index is 12.7. The highest BCUT2D eigenvalue weighted by Gasteiger charge is 2.31. The van der Waals surface area contributed by atoms with Crippen molar-refractivity contribution in [2.75, 3.05) is 18.4 Å². The number of sulfonamides is 1. The fourth-order valence-electron chi connectivity index (χ4n) is 3.29. The zero-order valence-corrected chi connectivity index (χ0v) is 18.3. The number of anilines is 1. The number of amides is 2. The Morgan fingerprint density at radius 2 is 1.67 bits per heavy atom. The number of halogens is 2. The molecule has 0 spiro atoms. The number of hydrogen-bond donors (Lipinski definition) is 2. The van der Waals surface area contributed by atoms with E-state index in [1.807, 2.05) is 0 Å². The van der Waals surface area contributed by atoms with Gasteiger partial charge >= 0.3 is 0 Å². The lowest BCUT2D eigenvalue weighted by Crippen LogP contribution is -2.41. The van der Waals surface area contributed by atoms with Crippen LogP contribution in [0.5, 0.6) is 0 Å². The van der Waals surface area contributed by atoms with Crippen LogP contribution in [0.3, 0.4) is 0 Å². The Balaban J connectivity index is 1.55. The zero-order valence-electron chi connectivity index (χ0n) is 16.0. The summed E-state index contributed by atoms with van der Waals surface area (Å²) in [7, 11) is -3.53. The van der Waals surface area contributed by atoms with Gasteiger partial charge in [-0.1, -0.05) is 29.3 Å². The van der Waals surface area contributed by atoms with Crippen molar-refractivity contribution in [3.63, 3.8) is 0 Å². The van der Waals surface area contributed by atoms with Crippen LogP contribution in [0.4, 0.5) is 5.69 Å². The molecule has 2 amide bonds. The molecule has 160 valence electrons. The van der Waals surface area contributed by atoms with Crippen molar-refractivity contribution < 1.29 is 18.0 Å². The number of nitrogens with two attached hydrogens (primary N) is 1. The number of hydrogen-bond acceptors (Lipinski definition) is 4. The van der Waals surface area contributed by atoms with E-state index >= 15 is 0 Å². The molecule has 2 aromatic rings. The summed E-state index contributed by atoms with van der Waals surface area (Å²) >= 11 is 11.8. The average Bonchev–Trinajstić information content (AvgIpc) is 2.71. The number of benzene rings is 2. The zero-order chi connectivity index (χ0) is 21.9. The highest BCUT2D eigenvalue weighted by Crippen LogP contribution is 2.26. The van der Waals surface area contributed by atoms with E-state index in [1.165, 1.54) is 16.4 Å². The number of rotatable bonds is 6. The molecule has 7 nitrogen and oxygen atoms in total. The van der Waals surface area contributed by atoms with Crippen LogP contribution in [0, 0.1) is 5.92 Å². The molecule has 0 atom stereocenters. The third-order valence-electron chi connectivity index (χ3n) is 4.99. The molecule has 0 saturated carbocycles. The van der Waals surface area contributed by atoms with E-state index in [0.29, 0.717) is 39.7 Å². The van der Waals surface area contributed by atoms with Gasteiger partial charge in [0.05, 0.1) is 15.8 Å². The van der Waals surface area contributed by atoms with Gasteiger partial charge in [0.15, 0.2) is 0 Å². The Bertz CT molecular complexity index is 1050. The summed E-state index contributed by atoms with van der Waals surface area (Å²) in [5.74, 6) is -1.18. The summed E-state index contributed by atoms with van der Waals surface area (Å²) in [5, 5.41) is 3.47. The average molecular weight is 470 g/mol. The van der Waals surface area contributed by atoms with Gasteiger partial charge in [-0.25, -0.2) is 12.7 Å². The summed E-state index contributed by atoms with van der Waals surface area (Å²) in [6.07, 6.45) is 0.845. The second kappa shape index (κ2) is 9.34. The topological polar surface area (TPSA) is 110 Å². The predicted molar refractivity (Wildman–Crippen MR) is 117 cm³/mol. The van der Waals surface area contributed by atoms with Gasteiger partial charge in [-0.15, -0.1) is 0 Å². The molecular formula is C20H21Cl2N3O4S. The number of nitrogens with zero attached hydrogens (tertiary/aromatic N) is 1. The molecule has 1 saturated heterocycles. The molecule has 1 heterocycles. The molecule has 10 heteroatoms. The van der Waals surface area contributed by atoms with Gasteiger partial charge in [0.25, 0.3) is 0 Å². The number of primary amides is 1. The standard InChI is InChI=1S/C20H21Cl2N3O4S/c21-17-6-1-13(11-18(17)22)12-30(28,29)25-9-7-15(8-10-25)20(27)24-16-4-2-14(3-5-16)19(23)26/h1-6,11,15H,7-10,12H2,(H2,23,26)(H,24,27). The van der Waals surface area contributed by atoms with Crippen LogP contribution in [0.2, 0.25) is 10.0 Å². The lowest BCUT2D eigenvalue weighted by Gasteiger charge is -2.30. The first-order chi connectivity index (χ1) is 14.2. The van der Waals surface area contributed by atoms with Crippen molar-refractivity contribution in [2.45, 2.75) is 18.6 Å². The first-order valence-corrected chi connectivity index (χ1v) is 11.6. The van der Waals surface area contributed by atoms with Gasteiger partial charge in [-0.3, -0.25) is 9.59 Å². The molecule has 0 unspecified atom stereocenters. The second-order valence-corrected chi connectivity index (χ2v) is 9.89. The largest absolute Gasteiger partial charge is 0.366 e. The Hall–Kier alpha value is -2.13. The summed E-state index contributed by atoms with van der Waals surface area (Å²) in [6, 6.07) is 11.0. The SMILES string of the molecule is NC(=O)c1ccc(NC(=O)C2CCN(S(=O)(=O)Cc3ccc(Cl)c(Cl)c3)CC2)cc1. The molecule has 3 rings (SSSR count). The minimum Gasteiger partial charge on any atom is -0.366 e. The summed E-state index contributed by atoms with van der Waals surface area (Å²) in [4.78, 5) is 23.6. The monoisotopic (exact) mass is 469 g/mol. The van der Waals surface area contributed by atoms with Gasteiger partial charge in [0, 0.05) is 30.3 Å². The fraction of sp³-hybridized carbons (Fsp3) is 0.300. The van der Waals surface area contributed by atoms with Crippen molar-refractivity contribution in [1.29, 1.82) is 0 Å². The smallest absolute Gasteiger partial charge is 0.248 e. The molecule has 0 aliphatic carbocycles. The Labute approximate surface area is 185 Å². The van der Waals surface area contributed by atoms with Gasteiger partial charge in [0.1, 0.15) is 0 Å². The normalized spacial score (nSPS) is 15.7. The fourth-order valence-corrected chi connectivity index (χ4v) is 5.16. The Morgan fingerprint density at radius 1 is 1.03 bits per heavy atom. The molecule has 1 aliphatic heterocycles. The molecule has 1 fully saturated rings. The van der Waals surface area contributed by atoms with E-state index in [2.05, 4.69) is 5.32 Å². The Kier molecular flexibility index (Phi) is 7.02. The van der Waals surface area contributed by atoms with E-state index in [0.717, 1.165) is 0 Å². The van der Waals surface area contributed by atoms with E-state index in [1.54, 1.807) is 30.3 Å². The van der Waals surface area contributed by atoms with Crippen LogP contribution in [0.1, 0.15) is 28.8 Å². The second-order valence-electron chi connectivity index (χ2n) is 7.11. The van der Waals surface area contributed by atoms with Crippen molar-refractivity contribution in [1.82, 2.24) is 4.31 Å². The van der Waals surface area contributed by atoms with E-state index in [-0.39, 0.29) is 30.7 Å². The molecular weight excluding hydrogens is 449 g/mol. The maximum Gasteiger partial charge on any atom is 0.248 e. The number of carbonyl (C=O) groups excluding carboxylic acids is 2. The Morgan fingerprint density at radius 3 is 2.23 bits per heavy atom. The quantitative estimate of drug-likeness (QED) is 0.675. The summed E-state index contributed by atoms with van der Waals surface area (Å²) in [5.41, 5.74) is 6.67. The van der Waals surface area contributed by atoms with E-state index < -0.39 is 15.9 Å². The first-order valence-electron chi connectivity index (χ1n) is 9.28. The lowest BCUT2D eigenvalue weighted by molar-refractivity contribution is -0.120. The molecule has 0 aromatic heterocycles. The van der Waals surface area contributed by atoms with Gasteiger partial charge < -0.3 is 11.1 Å². The minimum atomic E-state index is -3.53.